The van der Waals surface area contributed by atoms with Crippen LogP contribution >= 0.6 is 66.1 Å². The second kappa shape index (κ2) is 16.6. The SMILES string of the molecule is C=C[Si](C)(C)Cl.C=C[Si](C)(C)O[C@@H]1[C@@H](CC)OC(=O)C1(C)Br.CC[C@H]1OC(=O)C(C)(Br)[C@@H]1O.ClCCl. The fourth-order valence-electron chi connectivity index (χ4n) is 2.73. The molecule has 212 valence electrons. The second-order valence-electron chi connectivity index (χ2n) is 9.52. The average Bonchev–Trinajstić information content (AvgIpc) is 3.11. The molecule has 6 atom stereocenters. The van der Waals surface area contributed by atoms with Crippen LogP contribution in [0.5, 0.6) is 0 Å². The van der Waals surface area contributed by atoms with Gasteiger partial charge in [-0.25, -0.2) is 0 Å². The molecule has 2 fully saturated rings. The van der Waals surface area contributed by atoms with Crippen LogP contribution in [0.1, 0.15) is 40.5 Å². The topological polar surface area (TPSA) is 82.1 Å². The number of alkyl halides is 4. The Kier molecular flexibility index (Phi) is 17.9. The molecule has 0 radical (unpaired) electrons. The summed E-state index contributed by atoms with van der Waals surface area (Å²) in [4.78, 5) is 22.7. The Balaban J connectivity index is 0. The molecule has 0 spiro atoms. The number of carbonyl (C=O) groups is 2. The maximum Gasteiger partial charge on any atom is 0.325 e. The van der Waals surface area contributed by atoms with Crippen molar-refractivity contribution in [3.8, 4) is 0 Å². The first-order valence-electron chi connectivity index (χ1n) is 11.5. The van der Waals surface area contributed by atoms with Gasteiger partial charge in [0.25, 0.3) is 0 Å². The smallest absolute Gasteiger partial charge is 0.325 e. The monoisotopic (exact) mass is 732 g/mol. The maximum atomic E-state index is 11.7. The number of aliphatic hydroxyl groups is 1. The van der Waals surface area contributed by atoms with Crippen molar-refractivity contribution in [1.82, 2.24) is 0 Å². The number of carbonyl (C=O) groups excluding carboxylic acids is 2. The molecule has 2 aliphatic rings. The summed E-state index contributed by atoms with van der Waals surface area (Å²) in [5, 5.41) is 9.69. The molecule has 0 bridgehead atoms. The lowest BCUT2D eigenvalue weighted by atomic mass is 10.0. The molecule has 2 aliphatic heterocycles. The quantitative estimate of drug-likeness (QED) is 0.135. The number of hydrogen-bond acceptors (Lipinski definition) is 6. The van der Waals surface area contributed by atoms with E-state index in [1.54, 1.807) is 6.92 Å². The van der Waals surface area contributed by atoms with Gasteiger partial charge in [-0.2, -0.15) is 11.1 Å². The lowest BCUT2D eigenvalue weighted by molar-refractivity contribution is -0.143. The van der Waals surface area contributed by atoms with Crippen molar-refractivity contribution in [1.29, 1.82) is 0 Å². The number of aliphatic hydroxyl groups excluding tert-OH is 1. The van der Waals surface area contributed by atoms with Crippen molar-refractivity contribution in [2.24, 2.45) is 0 Å². The highest BCUT2D eigenvalue weighted by Crippen LogP contribution is 2.39. The molecule has 0 aromatic heterocycles. The van der Waals surface area contributed by atoms with Gasteiger partial charge in [-0.15, -0.1) is 36.4 Å². The maximum absolute atomic E-state index is 11.7. The van der Waals surface area contributed by atoms with Gasteiger partial charge < -0.3 is 19.0 Å². The van der Waals surface area contributed by atoms with E-state index in [2.05, 4.69) is 58.1 Å². The van der Waals surface area contributed by atoms with E-state index in [0.29, 0.717) is 6.42 Å². The Hall–Kier alpha value is 0.604. The number of ether oxygens (including phenoxy) is 2. The van der Waals surface area contributed by atoms with Crippen LogP contribution in [0.2, 0.25) is 26.2 Å². The molecule has 36 heavy (non-hydrogen) atoms. The molecule has 2 saturated heterocycles. The van der Waals surface area contributed by atoms with Crippen molar-refractivity contribution >= 4 is 93.8 Å². The van der Waals surface area contributed by atoms with Gasteiger partial charge in [0.05, 0.1) is 5.34 Å². The molecule has 13 heteroatoms. The molecule has 0 saturated carbocycles. The Morgan fingerprint density at radius 2 is 1.33 bits per heavy atom. The second-order valence-corrected chi connectivity index (χ2v) is 23.9. The highest BCUT2D eigenvalue weighted by Gasteiger charge is 2.54. The molecule has 0 amide bonds. The standard InChI is InChI=1S/C11H19BrO3Si.C7H11BrO3.C4H9ClSi.CH2Cl2/c1-6-8-9(15-16(4,5)7-2)11(3,12)10(13)14-8;1-3-4-5(9)7(2,8)6(10)11-4;1-4-6(2,3)5;2-1-3/h7-9H,2,6H2,1,3-5H3;4-5,9H,3H2,1-2H3;4H,1H2,2-3H3;1H2/t8-,9-,11?;4-,5-,7?;;/m11../s1. The van der Waals surface area contributed by atoms with Gasteiger partial charge >= 0.3 is 11.9 Å². The van der Waals surface area contributed by atoms with Crippen LogP contribution in [-0.2, 0) is 23.5 Å². The van der Waals surface area contributed by atoms with E-state index in [1.807, 2.05) is 45.3 Å². The first-order valence-corrected chi connectivity index (χ1v) is 21.2. The minimum Gasteiger partial charge on any atom is -0.458 e. The number of cyclic esters (lactones) is 2. The molecule has 0 aliphatic carbocycles. The first kappa shape index (κ1) is 38.7. The van der Waals surface area contributed by atoms with Gasteiger partial charge in [-0.05, 0) is 39.8 Å². The molecule has 6 nitrogen and oxygen atoms in total. The van der Waals surface area contributed by atoms with Crippen LogP contribution in [-0.4, -0.2) is 71.1 Å². The Morgan fingerprint density at radius 3 is 1.58 bits per heavy atom. The minimum absolute atomic E-state index is 0.163. The van der Waals surface area contributed by atoms with Crippen molar-refractivity contribution in [3.63, 3.8) is 0 Å². The zero-order valence-corrected chi connectivity index (χ0v) is 29.8. The number of esters is 2. The van der Waals surface area contributed by atoms with Crippen LogP contribution in [0.15, 0.2) is 24.6 Å². The lowest BCUT2D eigenvalue weighted by Gasteiger charge is -2.31. The largest absolute Gasteiger partial charge is 0.458 e. The number of halogens is 5. The van der Waals surface area contributed by atoms with Crippen LogP contribution in [0.4, 0.5) is 0 Å². The van der Waals surface area contributed by atoms with Crippen molar-refractivity contribution in [3.05, 3.63) is 24.6 Å². The van der Waals surface area contributed by atoms with Gasteiger partial charge in [0.2, 0.25) is 8.32 Å². The number of hydrogen-bond donors (Lipinski definition) is 1. The molecule has 0 aromatic rings. The molecule has 0 aromatic carbocycles. The minimum atomic E-state index is -1.92. The van der Waals surface area contributed by atoms with Gasteiger partial charge in [0.1, 0.15) is 33.1 Å². The Bertz CT molecular complexity index is 733. The van der Waals surface area contributed by atoms with Crippen LogP contribution < -0.4 is 0 Å². The van der Waals surface area contributed by atoms with E-state index in [1.165, 1.54) is 0 Å². The average molecular weight is 736 g/mol. The highest BCUT2D eigenvalue weighted by molar-refractivity contribution is 9.10. The number of rotatable bonds is 6. The third-order valence-electron chi connectivity index (χ3n) is 5.31. The summed E-state index contributed by atoms with van der Waals surface area (Å²) in [6, 6.07) is 0. The summed E-state index contributed by atoms with van der Waals surface area (Å²) in [5.41, 5.74) is 3.71. The Labute approximate surface area is 250 Å². The summed E-state index contributed by atoms with van der Waals surface area (Å²) >= 11 is 21.8. The fourth-order valence-corrected chi connectivity index (χ4v) is 4.91. The van der Waals surface area contributed by atoms with E-state index >= 15 is 0 Å². The van der Waals surface area contributed by atoms with Crippen LogP contribution in [0.25, 0.3) is 0 Å². The van der Waals surface area contributed by atoms with Crippen LogP contribution in [0, 0.1) is 0 Å². The third-order valence-corrected chi connectivity index (χ3v) is 10.2. The molecule has 2 unspecified atom stereocenters. The lowest BCUT2D eigenvalue weighted by Crippen LogP contribution is -2.46. The normalized spacial score (nSPS) is 31.4. The van der Waals surface area contributed by atoms with Crippen molar-refractivity contribution < 1.29 is 28.6 Å². The zero-order chi connectivity index (χ0) is 29.1. The predicted octanol–water partition coefficient (Wildman–Crippen LogP) is 7.20. The first-order chi connectivity index (χ1) is 16.2. The van der Waals surface area contributed by atoms with E-state index in [0.717, 1.165) is 6.42 Å². The summed E-state index contributed by atoms with van der Waals surface area (Å²) in [6.45, 7) is 22.8. The van der Waals surface area contributed by atoms with E-state index in [-0.39, 0.29) is 35.6 Å². The molecule has 1 N–H and O–H groups in total. The predicted molar refractivity (Wildman–Crippen MR) is 164 cm³/mol. The summed E-state index contributed by atoms with van der Waals surface area (Å²) < 4.78 is 14.6. The molecular formula is C23H41Br2Cl3O6Si2. The zero-order valence-electron chi connectivity index (χ0n) is 22.4. The van der Waals surface area contributed by atoms with Gasteiger partial charge in [0, 0.05) is 0 Å². The van der Waals surface area contributed by atoms with E-state index in [9.17, 15) is 14.7 Å². The van der Waals surface area contributed by atoms with Crippen molar-refractivity contribution in [2.75, 3.05) is 5.34 Å². The fraction of sp³-hybridized carbons (Fsp3) is 0.739. The van der Waals surface area contributed by atoms with Crippen LogP contribution in [0.3, 0.4) is 0 Å². The van der Waals surface area contributed by atoms with E-state index < -0.39 is 30.5 Å². The van der Waals surface area contributed by atoms with Crippen molar-refractivity contribution in [2.45, 2.75) is 99.8 Å². The van der Waals surface area contributed by atoms with Gasteiger partial charge in [-0.1, -0.05) is 70.2 Å². The van der Waals surface area contributed by atoms with Gasteiger partial charge in [0.15, 0.2) is 7.38 Å². The molecular weight excluding hydrogens is 695 g/mol. The summed E-state index contributed by atoms with van der Waals surface area (Å²) in [5.74, 6) is -0.616. The highest BCUT2D eigenvalue weighted by atomic mass is 79.9. The third kappa shape index (κ3) is 12.6. The molecule has 2 heterocycles. The summed E-state index contributed by atoms with van der Waals surface area (Å²) in [7, 11) is -3.31. The van der Waals surface area contributed by atoms with Gasteiger partial charge in [-0.3, -0.25) is 9.59 Å². The summed E-state index contributed by atoms with van der Waals surface area (Å²) in [6.07, 6.45) is -0.0759. The molecule has 2 rings (SSSR count). The van der Waals surface area contributed by atoms with E-state index in [4.69, 9.17) is 48.2 Å². The Morgan fingerprint density at radius 1 is 0.972 bits per heavy atom.